The molecule has 0 saturated carbocycles. The Morgan fingerprint density at radius 3 is 3.19 bits per heavy atom. The predicted octanol–water partition coefficient (Wildman–Crippen LogP) is 2.76. The molecule has 1 aliphatic heterocycles. The number of thioether (sulfide) groups is 1. The normalized spacial score (nSPS) is 20.3. The largest absolute Gasteiger partial charge is 0.489 e. The van der Waals surface area contributed by atoms with Crippen molar-refractivity contribution < 1.29 is 9.84 Å². The zero-order valence-electron chi connectivity index (χ0n) is 9.15. The fourth-order valence-corrected chi connectivity index (χ4v) is 2.74. The Kier molecular flexibility index (Phi) is 4.00. The number of aliphatic hydroxyl groups excluding tert-OH is 1. The molecular formula is C12H15ClO2S. The zero-order valence-corrected chi connectivity index (χ0v) is 10.7. The summed E-state index contributed by atoms with van der Waals surface area (Å²) in [6.45, 7) is 2.24. The lowest BCUT2D eigenvalue weighted by Crippen LogP contribution is -2.18. The van der Waals surface area contributed by atoms with Crippen molar-refractivity contribution in [3.63, 3.8) is 0 Å². The maximum absolute atomic E-state index is 8.94. The molecule has 0 aliphatic carbocycles. The first-order chi connectivity index (χ1) is 7.69. The molecule has 2 nitrogen and oxygen atoms in total. The lowest BCUT2D eigenvalue weighted by atomic mass is 10.1. The van der Waals surface area contributed by atoms with Crippen molar-refractivity contribution >= 4 is 23.4 Å². The van der Waals surface area contributed by atoms with E-state index < -0.39 is 0 Å². The summed E-state index contributed by atoms with van der Waals surface area (Å²) in [5, 5.41) is 9.98. The highest BCUT2D eigenvalue weighted by atomic mass is 35.5. The third-order valence-corrected chi connectivity index (χ3v) is 4.10. The van der Waals surface area contributed by atoms with Gasteiger partial charge in [0.1, 0.15) is 11.9 Å². The minimum absolute atomic E-state index is 0.215. The summed E-state index contributed by atoms with van der Waals surface area (Å²) in [6, 6.07) is 5.75. The molecule has 4 heteroatoms. The molecule has 1 N–H and O–H groups in total. The van der Waals surface area contributed by atoms with E-state index in [0.717, 1.165) is 22.9 Å². The number of halogens is 1. The van der Waals surface area contributed by atoms with Crippen molar-refractivity contribution in [2.45, 2.75) is 24.7 Å². The highest BCUT2D eigenvalue weighted by Gasteiger charge is 2.23. The van der Waals surface area contributed by atoms with Crippen LogP contribution >= 0.6 is 23.4 Å². The van der Waals surface area contributed by atoms with Gasteiger partial charge in [0.05, 0.1) is 6.61 Å². The van der Waals surface area contributed by atoms with Crippen LogP contribution in [-0.2, 0) is 6.42 Å². The van der Waals surface area contributed by atoms with Crippen LogP contribution in [0.2, 0.25) is 5.02 Å². The zero-order chi connectivity index (χ0) is 11.5. The Bertz CT molecular complexity index is 370. The van der Waals surface area contributed by atoms with E-state index in [9.17, 15) is 0 Å². The van der Waals surface area contributed by atoms with Crippen molar-refractivity contribution in [2.24, 2.45) is 0 Å². The maximum Gasteiger partial charge on any atom is 0.123 e. The van der Waals surface area contributed by atoms with E-state index in [0.29, 0.717) is 0 Å². The van der Waals surface area contributed by atoms with Gasteiger partial charge in [0.2, 0.25) is 0 Å². The topological polar surface area (TPSA) is 29.5 Å². The van der Waals surface area contributed by atoms with E-state index >= 15 is 0 Å². The van der Waals surface area contributed by atoms with Crippen LogP contribution in [0.4, 0.5) is 0 Å². The van der Waals surface area contributed by atoms with Gasteiger partial charge in [-0.2, -0.15) is 11.8 Å². The number of fused-ring (bicyclic) bond motifs is 1. The second-order valence-corrected chi connectivity index (χ2v) is 5.93. The molecule has 16 heavy (non-hydrogen) atoms. The number of benzene rings is 1. The molecule has 2 unspecified atom stereocenters. The van der Waals surface area contributed by atoms with Crippen LogP contribution in [0.1, 0.15) is 12.5 Å². The summed E-state index contributed by atoms with van der Waals surface area (Å²) >= 11 is 7.67. The lowest BCUT2D eigenvalue weighted by Gasteiger charge is -2.12. The minimum Gasteiger partial charge on any atom is -0.489 e. The first-order valence-corrected chi connectivity index (χ1v) is 6.79. The van der Waals surface area contributed by atoms with Gasteiger partial charge in [0.15, 0.2) is 0 Å². The van der Waals surface area contributed by atoms with Gasteiger partial charge in [-0.25, -0.2) is 0 Å². The minimum atomic E-state index is 0.215. The van der Waals surface area contributed by atoms with Crippen molar-refractivity contribution in [1.82, 2.24) is 0 Å². The summed E-state index contributed by atoms with van der Waals surface area (Å²) < 4.78 is 5.80. The van der Waals surface area contributed by atoms with E-state index in [1.165, 1.54) is 5.56 Å². The van der Waals surface area contributed by atoms with Crippen LogP contribution < -0.4 is 4.74 Å². The molecule has 2 atom stereocenters. The maximum atomic E-state index is 8.94. The molecule has 0 spiro atoms. The average Bonchev–Trinajstić information content (AvgIpc) is 2.67. The molecule has 1 aromatic carbocycles. The quantitative estimate of drug-likeness (QED) is 0.901. The molecule has 88 valence electrons. The lowest BCUT2D eigenvalue weighted by molar-refractivity contribution is 0.258. The highest BCUT2D eigenvalue weighted by molar-refractivity contribution is 7.99. The van der Waals surface area contributed by atoms with Gasteiger partial charge in [0.25, 0.3) is 0 Å². The molecule has 2 rings (SSSR count). The Balaban J connectivity index is 1.90. The van der Waals surface area contributed by atoms with Gasteiger partial charge in [-0.3, -0.25) is 0 Å². The molecular weight excluding hydrogens is 244 g/mol. The third kappa shape index (κ3) is 2.84. The fraction of sp³-hybridized carbons (Fsp3) is 0.500. The van der Waals surface area contributed by atoms with Crippen LogP contribution in [0, 0.1) is 0 Å². The van der Waals surface area contributed by atoms with Gasteiger partial charge in [0, 0.05) is 22.4 Å². The molecule has 1 aliphatic rings. The monoisotopic (exact) mass is 258 g/mol. The number of ether oxygens (including phenoxy) is 1. The SMILES string of the molecule is CC(CO)SCC1Cc2cc(Cl)ccc2O1. The van der Waals surface area contributed by atoms with Gasteiger partial charge in [-0.1, -0.05) is 18.5 Å². The first kappa shape index (κ1) is 12.1. The van der Waals surface area contributed by atoms with Gasteiger partial charge >= 0.3 is 0 Å². The summed E-state index contributed by atoms with van der Waals surface area (Å²) in [5.41, 5.74) is 1.19. The van der Waals surface area contributed by atoms with Crippen LogP contribution in [0.5, 0.6) is 5.75 Å². The molecule has 0 fully saturated rings. The summed E-state index contributed by atoms with van der Waals surface area (Å²) in [6.07, 6.45) is 1.13. The van der Waals surface area contributed by atoms with Gasteiger partial charge in [-0.15, -0.1) is 0 Å². The number of hydrogen-bond acceptors (Lipinski definition) is 3. The third-order valence-electron chi connectivity index (χ3n) is 2.59. The van der Waals surface area contributed by atoms with Crippen LogP contribution in [0.25, 0.3) is 0 Å². The average molecular weight is 259 g/mol. The molecule has 1 heterocycles. The molecule has 0 amide bonds. The summed E-state index contributed by atoms with van der Waals surface area (Å²) in [5.74, 6) is 1.86. The van der Waals surface area contributed by atoms with Crippen molar-refractivity contribution in [3.05, 3.63) is 28.8 Å². The Morgan fingerprint density at radius 2 is 2.44 bits per heavy atom. The number of rotatable bonds is 4. The number of hydrogen-bond donors (Lipinski definition) is 1. The molecule has 0 saturated heterocycles. The first-order valence-electron chi connectivity index (χ1n) is 5.36. The Labute approximate surface area is 105 Å². The second-order valence-electron chi connectivity index (χ2n) is 4.02. The highest BCUT2D eigenvalue weighted by Crippen LogP contribution is 2.32. The standard InChI is InChI=1S/C12H15ClO2S/c1-8(6-14)16-7-11-5-9-4-10(13)2-3-12(9)15-11/h2-4,8,11,14H,5-7H2,1H3. The molecule has 1 aromatic rings. The van der Waals surface area contributed by atoms with Crippen LogP contribution in [0.15, 0.2) is 18.2 Å². The molecule has 0 aromatic heterocycles. The van der Waals surface area contributed by atoms with E-state index in [2.05, 4.69) is 0 Å². The van der Waals surface area contributed by atoms with Crippen molar-refractivity contribution in [3.8, 4) is 5.75 Å². The van der Waals surface area contributed by atoms with E-state index in [-0.39, 0.29) is 18.0 Å². The van der Waals surface area contributed by atoms with E-state index in [1.807, 2.05) is 25.1 Å². The van der Waals surface area contributed by atoms with Crippen LogP contribution in [-0.4, -0.2) is 28.8 Å². The van der Waals surface area contributed by atoms with Gasteiger partial charge in [-0.05, 0) is 23.8 Å². The fourth-order valence-electron chi connectivity index (χ4n) is 1.71. The van der Waals surface area contributed by atoms with E-state index in [1.54, 1.807) is 11.8 Å². The van der Waals surface area contributed by atoms with Crippen molar-refractivity contribution in [2.75, 3.05) is 12.4 Å². The Morgan fingerprint density at radius 1 is 1.62 bits per heavy atom. The second kappa shape index (κ2) is 5.30. The number of aliphatic hydroxyl groups is 1. The smallest absolute Gasteiger partial charge is 0.123 e. The molecule has 0 bridgehead atoms. The Hall–Kier alpha value is -0.380. The predicted molar refractivity (Wildman–Crippen MR) is 68.6 cm³/mol. The van der Waals surface area contributed by atoms with Crippen molar-refractivity contribution in [1.29, 1.82) is 0 Å². The summed E-state index contributed by atoms with van der Waals surface area (Å²) in [7, 11) is 0. The van der Waals surface area contributed by atoms with E-state index in [4.69, 9.17) is 21.4 Å². The van der Waals surface area contributed by atoms with Gasteiger partial charge < -0.3 is 9.84 Å². The van der Waals surface area contributed by atoms with Crippen LogP contribution in [0.3, 0.4) is 0 Å². The molecule has 0 radical (unpaired) electrons. The summed E-state index contributed by atoms with van der Waals surface area (Å²) in [4.78, 5) is 0.